The Morgan fingerprint density at radius 1 is 1.24 bits per heavy atom. The first-order valence-corrected chi connectivity index (χ1v) is 7.07. The van der Waals surface area contributed by atoms with Crippen molar-refractivity contribution in [3.05, 3.63) is 35.9 Å². The monoisotopic (exact) mass is 288 g/mol. The van der Waals surface area contributed by atoms with E-state index in [-0.39, 0.29) is 12.5 Å². The summed E-state index contributed by atoms with van der Waals surface area (Å²) in [4.78, 5) is 23.2. The van der Waals surface area contributed by atoms with Crippen molar-refractivity contribution >= 4 is 23.6 Å². The third-order valence-electron chi connectivity index (χ3n) is 3.98. The Bertz CT molecular complexity index is 543. The number of hydrogen-bond acceptors (Lipinski definition) is 3. The van der Waals surface area contributed by atoms with Crippen LogP contribution in [-0.4, -0.2) is 23.5 Å². The van der Waals surface area contributed by atoms with Gasteiger partial charge < -0.3 is 16.2 Å². The summed E-state index contributed by atoms with van der Waals surface area (Å²) in [6.45, 7) is 0.188. The number of nitrogens with one attached hydrogen (secondary N) is 1. The highest BCUT2D eigenvalue weighted by Crippen LogP contribution is 2.37. The standard InChI is InChI=1S/C16H20N2O3/c17-13-6-3-12(4-7-13)5-8-14(19)18-11-16(15(20)21)9-1-2-10-16/h3-8H,1-2,9-11,17H2,(H,18,19)(H,20,21)/b8-5+. The Morgan fingerprint density at radius 2 is 1.86 bits per heavy atom. The molecule has 1 aromatic carbocycles. The Balaban J connectivity index is 1.89. The molecule has 5 nitrogen and oxygen atoms in total. The molecule has 1 saturated carbocycles. The van der Waals surface area contributed by atoms with Crippen LogP contribution in [0, 0.1) is 5.41 Å². The van der Waals surface area contributed by atoms with Crippen LogP contribution in [0.3, 0.4) is 0 Å². The number of amides is 1. The number of carboxylic acids is 1. The van der Waals surface area contributed by atoms with Gasteiger partial charge in [0.25, 0.3) is 0 Å². The Morgan fingerprint density at radius 3 is 2.43 bits per heavy atom. The minimum Gasteiger partial charge on any atom is -0.481 e. The van der Waals surface area contributed by atoms with Crippen molar-refractivity contribution in [1.29, 1.82) is 0 Å². The highest BCUT2D eigenvalue weighted by Gasteiger charge is 2.41. The summed E-state index contributed by atoms with van der Waals surface area (Å²) >= 11 is 0. The number of carboxylic acid groups (broad SMARTS) is 1. The molecule has 0 spiro atoms. The normalized spacial score (nSPS) is 17.0. The molecule has 0 atom stereocenters. The van der Waals surface area contributed by atoms with Crippen LogP contribution in [0.4, 0.5) is 5.69 Å². The van der Waals surface area contributed by atoms with Gasteiger partial charge in [-0.2, -0.15) is 0 Å². The highest BCUT2D eigenvalue weighted by atomic mass is 16.4. The minimum absolute atomic E-state index is 0.188. The minimum atomic E-state index is -0.817. The number of carbonyl (C=O) groups is 2. The maximum atomic E-state index is 11.8. The number of nitrogens with two attached hydrogens (primary N) is 1. The summed E-state index contributed by atoms with van der Waals surface area (Å²) in [5.74, 6) is -1.10. The molecule has 5 heteroatoms. The maximum absolute atomic E-state index is 11.8. The fraction of sp³-hybridized carbons (Fsp3) is 0.375. The van der Waals surface area contributed by atoms with Gasteiger partial charge in [0.1, 0.15) is 0 Å². The summed E-state index contributed by atoms with van der Waals surface area (Å²) in [6.07, 6.45) is 6.16. The smallest absolute Gasteiger partial charge is 0.311 e. The van der Waals surface area contributed by atoms with Crippen LogP contribution in [0.2, 0.25) is 0 Å². The lowest BCUT2D eigenvalue weighted by atomic mass is 9.86. The molecule has 0 bridgehead atoms. The summed E-state index contributed by atoms with van der Waals surface area (Å²) in [6, 6.07) is 7.15. The predicted octanol–water partition coefficient (Wildman–Crippen LogP) is 2.04. The van der Waals surface area contributed by atoms with E-state index in [1.807, 2.05) is 12.1 Å². The van der Waals surface area contributed by atoms with Crippen LogP contribution < -0.4 is 11.1 Å². The van der Waals surface area contributed by atoms with E-state index >= 15 is 0 Å². The summed E-state index contributed by atoms with van der Waals surface area (Å²) in [7, 11) is 0. The summed E-state index contributed by atoms with van der Waals surface area (Å²) in [5, 5.41) is 12.0. The number of anilines is 1. The lowest BCUT2D eigenvalue weighted by Gasteiger charge is -2.23. The van der Waals surface area contributed by atoms with Crippen molar-refractivity contribution in [2.24, 2.45) is 5.41 Å². The zero-order valence-electron chi connectivity index (χ0n) is 11.8. The van der Waals surface area contributed by atoms with Gasteiger partial charge in [0, 0.05) is 18.3 Å². The van der Waals surface area contributed by atoms with Crippen LogP contribution in [0.1, 0.15) is 31.2 Å². The SMILES string of the molecule is Nc1ccc(/C=C/C(=O)NCC2(C(=O)O)CCCC2)cc1. The van der Waals surface area contributed by atoms with Crippen molar-refractivity contribution < 1.29 is 14.7 Å². The molecule has 112 valence electrons. The molecule has 1 amide bonds. The van der Waals surface area contributed by atoms with Gasteiger partial charge >= 0.3 is 5.97 Å². The van der Waals surface area contributed by atoms with Crippen LogP contribution in [-0.2, 0) is 9.59 Å². The van der Waals surface area contributed by atoms with E-state index in [0.717, 1.165) is 18.4 Å². The first-order valence-electron chi connectivity index (χ1n) is 7.07. The van der Waals surface area contributed by atoms with Gasteiger partial charge in [-0.15, -0.1) is 0 Å². The van der Waals surface area contributed by atoms with Gasteiger partial charge in [0.05, 0.1) is 5.41 Å². The van der Waals surface area contributed by atoms with E-state index in [1.165, 1.54) is 6.08 Å². The molecular formula is C16H20N2O3. The second-order valence-corrected chi connectivity index (χ2v) is 5.51. The Hall–Kier alpha value is -2.30. The molecule has 0 heterocycles. The number of carbonyl (C=O) groups excluding carboxylic acids is 1. The van der Waals surface area contributed by atoms with Crippen LogP contribution >= 0.6 is 0 Å². The first kappa shape index (κ1) is 15.1. The van der Waals surface area contributed by atoms with Crippen LogP contribution in [0.5, 0.6) is 0 Å². The fourth-order valence-corrected chi connectivity index (χ4v) is 2.61. The topological polar surface area (TPSA) is 92.4 Å². The molecule has 0 unspecified atom stereocenters. The third kappa shape index (κ3) is 3.84. The van der Waals surface area contributed by atoms with Crippen molar-refractivity contribution in [1.82, 2.24) is 5.32 Å². The largest absolute Gasteiger partial charge is 0.481 e. The number of hydrogen-bond donors (Lipinski definition) is 3. The lowest BCUT2D eigenvalue weighted by Crippen LogP contribution is -2.40. The average molecular weight is 288 g/mol. The van der Waals surface area contributed by atoms with E-state index in [4.69, 9.17) is 5.73 Å². The molecule has 4 N–H and O–H groups in total. The first-order chi connectivity index (χ1) is 10.0. The zero-order chi connectivity index (χ0) is 15.3. The average Bonchev–Trinajstić information content (AvgIpc) is 2.95. The van der Waals surface area contributed by atoms with Crippen LogP contribution in [0.25, 0.3) is 6.08 Å². The van der Waals surface area contributed by atoms with Crippen LogP contribution in [0.15, 0.2) is 30.3 Å². The summed E-state index contributed by atoms with van der Waals surface area (Å²) < 4.78 is 0. The molecule has 1 aliphatic rings. The zero-order valence-corrected chi connectivity index (χ0v) is 11.8. The second-order valence-electron chi connectivity index (χ2n) is 5.51. The van der Waals surface area contributed by atoms with Crippen molar-refractivity contribution in [2.45, 2.75) is 25.7 Å². The quantitative estimate of drug-likeness (QED) is 0.571. The van der Waals surface area contributed by atoms with Gasteiger partial charge in [0.2, 0.25) is 5.91 Å². The Kier molecular flexibility index (Phi) is 4.62. The molecule has 1 aromatic rings. The molecular weight excluding hydrogens is 268 g/mol. The van der Waals surface area contributed by atoms with Crippen molar-refractivity contribution in [2.75, 3.05) is 12.3 Å². The van der Waals surface area contributed by atoms with E-state index < -0.39 is 11.4 Å². The van der Waals surface area contributed by atoms with Gasteiger partial charge in [-0.25, -0.2) is 0 Å². The van der Waals surface area contributed by atoms with Gasteiger partial charge in [0.15, 0.2) is 0 Å². The molecule has 2 rings (SSSR count). The third-order valence-corrected chi connectivity index (χ3v) is 3.98. The fourth-order valence-electron chi connectivity index (χ4n) is 2.61. The Labute approximate surface area is 123 Å². The highest BCUT2D eigenvalue weighted by molar-refractivity contribution is 5.92. The molecule has 0 aliphatic heterocycles. The van der Waals surface area contributed by atoms with E-state index in [1.54, 1.807) is 18.2 Å². The molecule has 0 aromatic heterocycles. The lowest BCUT2D eigenvalue weighted by molar-refractivity contribution is -0.148. The molecule has 0 saturated heterocycles. The van der Waals surface area contributed by atoms with Gasteiger partial charge in [-0.1, -0.05) is 25.0 Å². The number of nitrogen functional groups attached to an aromatic ring is 1. The molecule has 1 aliphatic carbocycles. The van der Waals surface area contributed by atoms with Gasteiger partial charge in [-0.05, 0) is 36.6 Å². The predicted molar refractivity (Wildman–Crippen MR) is 81.4 cm³/mol. The van der Waals surface area contributed by atoms with E-state index in [2.05, 4.69) is 5.32 Å². The number of aliphatic carboxylic acids is 1. The summed E-state index contributed by atoms with van der Waals surface area (Å²) in [5.41, 5.74) is 6.33. The van der Waals surface area contributed by atoms with Gasteiger partial charge in [-0.3, -0.25) is 9.59 Å². The molecule has 21 heavy (non-hydrogen) atoms. The number of benzene rings is 1. The second kappa shape index (κ2) is 6.43. The van der Waals surface area contributed by atoms with E-state index in [9.17, 15) is 14.7 Å². The van der Waals surface area contributed by atoms with E-state index in [0.29, 0.717) is 18.5 Å². The maximum Gasteiger partial charge on any atom is 0.311 e. The molecule has 1 fully saturated rings. The van der Waals surface area contributed by atoms with Crippen molar-refractivity contribution in [3.63, 3.8) is 0 Å². The molecule has 0 radical (unpaired) electrons. The van der Waals surface area contributed by atoms with Crippen molar-refractivity contribution in [3.8, 4) is 0 Å². The number of rotatable bonds is 5.